The molecule has 8 heteroatoms. The second-order valence-electron chi connectivity index (χ2n) is 5.99. The van der Waals surface area contributed by atoms with Crippen LogP contribution in [0.5, 0.6) is 0 Å². The summed E-state index contributed by atoms with van der Waals surface area (Å²) in [4.78, 5) is 19.5. The van der Waals surface area contributed by atoms with E-state index in [1.807, 2.05) is 18.7 Å². The minimum absolute atomic E-state index is 0.0261. The molecule has 0 aliphatic carbocycles. The van der Waals surface area contributed by atoms with Gasteiger partial charge in [-0.1, -0.05) is 25.4 Å². The van der Waals surface area contributed by atoms with Crippen LogP contribution in [-0.2, 0) is 11.0 Å². The Labute approximate surface area is 138 Å². The van der Waals surface area contributed by atoms with Gasteiger partial charge in [0.1, 0.15) is 5.82 Å². The molecule has 0 aromatic carbocycles. The molecule has 1 saturated heterocycles. The molecule has 128 valence electrons. The van der Waals surface area contributed by atoms with E-state index in [2.05, 4.69) is 4.98 Å². The highest BCUT2D eigenvalue weighted by atomic mass is 35.5. The van der Waals surface area contributed by atoms with Gasteiger partial charge in [-0.3, -0.25) is 4.79 Å². The predicted molar refractivity (Wildman–Crippen MR) is 82.5 cm³/mol. The summed E-state index contributed by atoms with van der Waals surface area (Å²) < 4.78 is 37.9. The van der Waals surface area contributed by atoms with Crippen molar-refractivity contribution in [3.8, 4) is 0 Å². The van der Waals surface area contributed by atoms with Gasteiger partial charge in [0.15, 0.2) is 0 Å². The highest BCUT2D eigenvalue weighted by Crippen LogP contribution is 2.33. The molecule has 1 aliphatic rings. The highest BCUT2D eigenvalue weighted by molar-refractivity contribution is 6.33. The lowest BCUT2D eigenvalue weighted by atomic mass is 10.1. The number of halogens is 4. The summed E-state index contributed by atoms with van der Waals surface area (Å²) in [6, 6.07) is 0.889. The van der Waals surface area contributed by atoms with E-state index < -0.39 is 11.7 Å². The quantitative estimate of drug-likeness (QED) is 0.838. The van der Waals surface area contributed by atoms with Crippen LogP contribution in [0.15, 0.2) is 12.3 Å². The Kier molecular flexibility index (Phi) is 5.39. The second-order valence-corrected chi connectivity index (χ2v) is 6.40. The molecule has 2 heterocycles. The van der Waals surface area contributed by atoms with E-state index in [4.69, 9.17) is 11.6 Å². The third-order valence-electron chi connectivity index (χ3n) is 3.66. The van der Waals surface area contributed by atoms with Gasteiger partial charge in [-0.15, -0.1) is 0 Å². The molecule has 0 saturated carbocycles. The average Bonchev–Trinajstić information content (AvgIpc) is 2.45. The third-order valence-corrected chi connectivity index (χ3v) is 3.94. The number of aromatic nitrogens is 1. The molecule has 0 unspecified atom stereocenters. The Morgan fingerprint density at radius 1 is 1.30 bits per heavy atom. The fraction of sp³-hybridized carbons (Fsp3) is 0.600. The number of carbonyl (C=O) groups excluding carboxylic acids is 1. The molecule has 1 aromatic heterocycles. The van der Waals surface area contributed by atoms with Gasteiger partial charge in [-0.25, -0.2) is 4.98 Å². The van der Waals surface area contributed by atoms with Crippen molar-refractivity contribution in [2.45, 2.75) is 26.4 Å². The fourth-order valence-electron chi connectivity index (χ4n) is 2.46. The highest BCUT2D eigenvalue weighted by Gasteiger charge is 2.32. The summed E-state index contributed by atoms with van der Waals surface area (Å²) in [5, 5.41) is -0.0261. The Hall–Kier alpha value is -1.50. The number of carbonyl (C=O) groups is 1. The molecular weight excluding hydrogens is 331 g/mol. The van der Waals surface area contributed by atoms with Crippen LogP contribution in [0, 0.1) is 5.92 Å². The van der Waals surface area contributed by atoms with Gasteiger partial charge in [0.25, 0.3) is 0 Å². The lowest BCUT2D eigenvalue weighted by Crippen LogP contribution is -2.49. The molecule has 1 aromatic rings. The molecule has 2 rings (SSSR count). The second kappa shape index (κ2) is 6.95. The zero-order valence-electron chi connectivity index (χ0n) is 13.0. The number of alkyl halides is 3. The van der Waals surface area contributed by atoms with Crippen LogP contribution in [0.25, 0.3) is 0 Å². The van der Waals surface area contributed by atoms with E-state index in [9.17, 15) is 18.0 Å². The average molecular weight is 350 g/mol. The zero-order valence-corrected chi connectivity index (χ0v) is 13.8. The molecule has 0 N–H and O–H groups in total. The van der Waals surface area contributed by atoms with Crippen LogP contribution in [-0.4, -0.2) is 42.0 Å². The third kappa shape index (κ3) is 4.50. The van der Waals surface area contributed by atoms with Crippen molar-refractivity contribution < 1.29 is 18.0 Å². The van der Waals surface area contributed by atoms with Crippen LogP contribution in [0.4, 0.5) is 19.0 Å². The van der Waals surface area contributed by atoms with Gasteiger partial charge < -0.3 is 9.80 Å². The van der Waals surface area contributed by atoms with Gasteiger partial charge in [0.05, 0.1) is 10.6 Å². The first-order valence-corrected chi connectivity index (χ1v) is 7.81. The zero-order chi connectivity index (χ0) is 17.2. The number of anilines is 1. The van der Waals surface area contributed by atoms with E-state index in [-0.39, 0.29) is 10.9 Å². The molecule has 23 heavy (non-hydrogen) atoms. The molecule has 0 bridgehead atoms. The number of pyridine rings is 1. The van der Waals surface area contributed by atoms with Gasteiger partial charge in [0.2, 0.25) is 5.91 Å². The Balaban J connectivity index is 2.02. The summed E-state index contributed by atoms with van der Waals surface area (Å²) in [6.07, 6.45) is -3.17. The van der Waals surface area contributed by atoms with Crippen molar-refractivity contribution in [2.24, 2.45) is 5.92 Å². The first-order chi connectivity index (χ1) is 10.7. The minimum Gasteiger partial charge on any atom is -0.352 e. The molecule has 1 aliphatic heterocycles. The Morgan fingerprint density at radius 3 is 2.39 bits per heavy atom. The van der Waals surface area contributed by atoms with Gasteiger partial charge in [0, 0.05) is 38.8 Å². The summed E-state index contributed by atoms with van der Waals surface area (Å²) in [5.41, 5.74) is -0.864. The van der Waals surface area contributed by atoms with E-state index in [0.717, 1.165) is 12.3 Å². The molecular formula is C15H19ClF3N3O. The summed E-state index contributed by atoms with van der Waals surface area (Å²) in [7, 11) is 0. The maximum Gasteiger partial charge on any atom is 0.417 e. The molecule has 0 atom stereocenters. The standard InChI is InChI=1S/C15H19ClF3N3O/c1-10(2)7-13(23)21-3-5-22(6-4-21)14-12(16)8-11(9-20-14)15(17,18)19/h8-10H,3-7H2,1-2H3. The lowest BCUT2D eigenvalue weighted by molar-refractivity contribution is -0.138. The normalized spacial score (nSPS) is 16.1. The summed E-state index contributed by atoms with van der Waals surface area (Å²) >= 11 is 5.95. The molecule has 1 fully saturated rings. The first kappa shape index (κ1) is 17.8. The van der Waals surface area contributed by atoms with Crippen molar-refractivity contribution >= 4 is 23.3 Å². The predicted octanol–water partition coefficient (Wildman–Crippen LogP) is 3.45. The maximum absolute atomic E-state index is 12.6. The number of rotatable bonds is 3. The largest absolute Gasteiger partial charge is 0.417 e. The smallest absolute Gasteiger partial charge is 0.352 e. The molecule has 1 amide bonds. The number of amides is 1. The van der Waals surface area contributed by atoms with Gasteiger partial charge in [-0.05, 0) is 12.0 Å². The van der Waals surface area contributed by atoms with E-state index in [1.165, 1.54) is 0 Å². The van der Waals surface area contributed by atoms with Crippen LogP contribution in [0.1, 0.15) is 25.8 Å². The van der Waals surface area contributed by atoms with Crippen LogP contribution in [0.3, 0.4) is 0 Å². The van der Waals surface area contributed by atoms with E-state index in [1.54, 1.807) is 4.90 Å². The number of piperazine rings is 1. The van der Waals surface area contributed by atoms with Gasteiger partial charge in [-0.2, -0.15) is 13.2 Å². The topological polar surface area (TPSA) is 36.4 Å². The number of hydrogen-bond acceptors (Lipinski definition) is 3. The van der Waals surface area contributed by atoms with Crippen molar-refractivity contribution in [3.63, 3.8) is 0 Å². The SMILES string of the molecule is CC(C)CC(=O)N1CCN(c2ncc(C(F)(F)F)cc2Cl)CC1. The molecule has 4 nitrogen and oxygen atoms in total. The molecule has 0 spiro atoms. The van der Waals surface area contributed by atoms with Crippen molar-refractivity contribution in [2.75, 3.05) is 31.1 Å². The van der Waals surface area contributed by atoms with Crippen LogP contribution < -0.4 is 4.90 Å². The fourth-order valence-corrected chi connectivity index (χ4v) is 2.75. The monoisotopic (exact) mass is 349 g/mol. The van der Waals surface area contributed by atoms with Crippen molar-refractivity contribution in [3.05, 3.63) is 22.8 Å². The lowest BCUT2D eigenvalue weighted by Gasteiger charge is -2.36. The van der Waals surface area contributed by atoms with E-state index in [0.29, 0.717) is 44.3 Å². The molecule has 0 radical (unpaired) electrons. The Bertz CT molecular complexity index is 570. The Morgan fingerprint density at radius 2 is 1.91 bits per heavy atom. The summed E-state index contributed by atoms with van der Waals surface area (Å²) in [6.45, 7) is 6.01. The maximum atomic E-state index is 12.6. The van der Waals surface area contributed by atoms with Crippen molar-refractivity contribution in [1.82, 2.24) is 9.88 Å². The van der Waals surface area contributed by atoms with Gasteiger partial charge >= 0.3 is 6.18 Å². The minimum atomic E-state index is -4.46. The van der Waals surface area contributed by atoms with E-state index >= 15 is 0 Å². The summed E-state index contributed by atoms with van der Waals surface area (Å²) in [5.74, 6) is 0.730. The van der Waals surface area contributed by atoms with Crippen LogP contribution >= 0.6 is 11.6 Å². The van der Waals surface area contributed by atoms with Crippen molar-refractivity contribution in [1.29, 1.82) is 0 Å². The number of nitrogens with zero attached hydrogens (tertiary/aromatic N) is 3. The number of hydrogen-bond donors (Lipinski definition) is 0. The van der Waals surface area contributed by atoms with Crippen LogP contribution in [0.2, 0.25) is 5.02 Å². The first-order valence-electron chi connectivity index (χ1n) is 7.44.